The molecule has 3 rings (SSSR count). The molecular weight excluding hydrogens is 402 g/mol. The molecule has 1 amide bonds. The van der Waals surface area contributed by atoms with E-state index >= 15 is 0 Å². The van der Waals surface area contributed by atoms with Crippen LogP contribution in [0.4, 0.5) is 5.69 Å². The summed E-state index contributed by atoms with van der Waals surface area (Å²) in [6.45, 7) is 3.55. The van der Waals surface area contributed by atoms with Gasteiger partial charge in [0.2, 0.25) is 0 Å². The maximum Gasteiger partial charge on any atom is 0.338 e. The number of carbonyl (C=O) groups excluding carboxylic acids is 2. The van der Waals surface area contributed by atoms with Crippen molar-refractivity contribution in [2.24, 2.45) is 5.10 Å². The maximum atomic E-state index is 12.1. The monoisotopic (exact) mass is 421 g/mol. The van der Waals surface area contributed by atoms with Gasteiger partial charge in [-0.15, -0.1) is 0 Å². The minimum Gasteiger partial charge on any atom is -0.459 e. The third kappa shape index (κ3) is 5.63. The van der Waals surface area contributed by atoms with Crippen LogP contribution in [0.1, 0.15) is 40.3 Å². The molecule has 0 fully saturated rings. The molecule has 158 valence electrons. The summed E-state index contributed by atoms with van der Waals surface area (Å²) in [5, 5.41) is 14.6. The highest BCUT2D eigenvalue weighted by Crippen LogP contribution is 2.23. The van der Waals surface area contributed by atoms with E-state index in [1.54, 1.807) is 50.2 Å². The predicted molar refractivity (Wildman–Crippen MR) is 113 cm³/mol. The number of nitrogens with one attached hydrogen (secondary N) is 1. The summed E-state index contributed by atoms with van der Waals surface area (Å²) in [6, 6.07) is 15.5. The number of hydrogen-bond acceptors (Lipinski definition) is 7. The van der Waals surface area contributed by atoms with Crippen molar-refractivity contribution < 1.29 is 23.7 Å². The van der Waals surface area contributed by atoms with Gasteiger partial charge < -0.3 is 9.15 Å². The number of nitrogens with zero attached hydrogens (tertiary/aromatic N) is 2. The summed E-state index contributed by atoms with van der Waals surface area (Å²) in [6.07, 6.45) is 1.08. The zero-order valence-electron chi connectivity index (χ0n) is 16.8. The Hall–Kier alpha value is -4.27. The lowest BCUT2D eigenvalue weighted by Crippen LogP contribution is -2.17. The van der Waals surface area contributed by atoms with E-state index in [0.29, 0.717) is 22.6 Å². The smallest absolute Gasteiger partial charge is 0.338 e. The second kappa shape index (κ2) is 9.49. The lowest BCUT2D eigenvalue weighted by Gasteiger charge is -2.08. The molecule has 1 N–H and O–H groups in total. The molecule has 1 aromatic heterocycles. The van der Waals surface area contributed by atoms with Gasteiger partial charge in [-0.2, -0.15) is 5.10 Å². The van der Waals surface area contributed by atoms with Gasteiger partial charge in [0, 0.05) is 23.3 Å². The van der Waals surface area contributed by atoms with Gasteiger partial charge in [-0.3, -0.25) is 14.9 Å². The van der Waals surface area contributed by atoms with E-state index in [1.165, 1.54) is 24.4 Å². The van der Waals surface area contributed by atoms with E-state index < -0.39 is 16.8 Å². The van der Waals surface area contributed by atoms with Crippen LogP contribution in [0.5, 0.6) is 0 Å². The minimum atomic E-state index is -0.594. The minimum absolute atomic E-state index is 0.108. The van der Waals surface area contributed by atoms with E-state index in [0.717, 1.165) is 6.07 Å². The number of non-ortho nitro benzene ring substituents is 1. The Morgan fingerprint density at radius 1 is 1.10 bits per heavy atom. The predicted octanol–water partition coefficient (Wildman–Crippen LogP) is 4.18. The summed E-state index contributed by atoms with van der Waals surface area (Å²) in [5.74, 6) is -0.146. The Balaban J connectivity index is 1.67. The van der Waals surface area contributed by atoms with Gasteiger partial charge in [-0.25, -0.2) is 10.2 Å². The molecule has 0 aliphatic rings. The van der Waals surface area contributed by atoms with Crippen molar-refractivity contribution in [3.8, 4) is 11.3 Å². The Morgan fingerprint density at radius 3 is 2.58 bits per heavy atom. The molecule has 0 radical (unpaired) electrons. The summed E-state index contributed by atoms with van der Waals surface area (Å²) in [4.78, 5) is 34.4. The van der Waals surface area contributed by atoms with Gasteiger partial charge in [0.1, 0.15) is 11.5 Å². The molecule has 0 saturated carbocycles. The van der Waals surface area contributed by atoms with Crippen LogP contribution < -0.4 is 5.43 Å². The molecule has 0 saturated heterocycles. The molecule has 0 bridgehead atoms. The highest BCUT2D eigenvalue weighted by molar-refractivity contribution is 5.95. The van der Waals surface area contributed by atoms with Gasteiger partial charge >= 0.3 is 5.97 Å². The number of amides is 1. The highest BCUT2D eigenvalue weighted by Gasteiger charge is 2.13. The first kappa shape index (κ1) is 21.4. The fourth-order valence-electron chi connectivity index (χ4n) is 2.64. The summed E-state index contributed by atoms with van der Waals surface area (Å²) < 4.78 is 10.9. The van der Waals surface area contributed by atoms with Crippen molar-refractivity contribution in [2.75, 3.05) is 0 Å². The highest BCUT2D eigenvalue weighted by atomic mass is 16.6. The zero-order chi connectivity index (χ0) is 22.4. The van der Waals surface area contributed by atoms with Crippen LogP contribution in [-0.2, 0) is 4.74 Å². The Labute approximate surface area is 177 Å². The third-order valence-electron chi connectivity index (χ3n) is 4.03. The number of furan rings is 1. The third-order valence-corrected chi connectivity index (χ3v) is 4.03. The first-order valence-electron chi connectivity index (χ1n) is 9.32. The van der Waals surface area contributed by atoms with E-state index in [-0.39, 0.29) is 17.4 Å². The SMILES string of the molecule is CC(C)OC(=O)c1cccc(-c2ccc(/C=N\NC(=O)c3cccc([N+](=O)[O-])c3)o2)c1. The standard InChI is InChI=1S/C22H19N3O6/c1-14(2)30-22(27)17-7-3-5-15(11-17)20-10-9-19(31-20)13-23-24-21(26)16-6-4-8-18(12-16)25(28)29/h3-14H,1-2H3,(H,24,26)/b23-13-. The van der Waals surface area contributed by atoms with Crippen LogP contribution in [0.15, 0.2) is 70.2 Å². The normalized spacial score (nSPS) is 10.9. The van der Waals surface area contributed by atoms with Crippen LogP contribution in [0.25, 0.3) is 11.3 Å². The Kier molecular flexibility index (Phi) is 6.56. The summed E-state index contributed by atoms with van der Waals surface area (Å²) >= 11 is 0. The van der Waals surface area contributed by atoms with Gasteiger partial charge in [-0.05, 0) is 44.2 Å². The molecule has 0 atom stereocenters. The number of hydrogen-bond donors (Lipinski definition) is 1. The fourth-order valence-corrected chi connectivity index (χ4v) is 2.64. The quantitative estimate of drug-likeness (QED) is 0.264. The average molecular weight is 421 g/mol. The van der Waals surface area contributed by atoms with E-state index in [2.05, 4.69) is 10.5 Å². The lowest BCUT2D eigenvalue weighted by molar-refractivity contribution is -0.384. The molecule has 2 aromatic carbocycles. The van der Waals surface area contributed by atoms with E-state index in [4.69, 9.17) is 9.15 Å². The van der Waals surface area contributed by atoms with Crippen molar-refractivity contribution >= 4 is 23.8 Å². The maximum absolute atomic E-state index is 12.1. The largest absolute Gasteiger partial charge is 0.459 e. The molecule has 0 aliphatic carbocycles. The van der Waals surface area contributed by atoms with Gasteiger partial charge in [-0.1, -0.05) is 18.2 Å². The number of hydrazone groups is 1. The van der Waals surface area contributed by atoms with E-state index in [9.17, 15) is 19.7 Å². The van der Waals surface area contributed by atoms with Gasteiger partial charge in [0.25, 0.3) is 11.6 Å². The van der Waals surface area contributed by atoms with Gasteiger partial charge in [0.05, 0.1) is 22.8 Å². The average Bonchev–Trinajstić information content (AvgIpc) is 3.22. The lowest BCUT2D eigenvalue weighted by atomic mass is 10.1. The van der Waals surface area contributed by atoms with Crippen LogP contribution >= 0.6 is 0 Å². The number of nitro benzene ring substituents is 1. The van der Waals surface area contributed by atoms with Crippen molar-refractivity contribution in [2.45, 2.75) is 20.0 Å². The first-order valence-corrected chi connectivity index (χ1v) is 9.32. The first-order chi connectivity index (χ1) is 14.8. The van der Waals surface area contributed by atoms with E-state index in [1.807, 2.05) is 0 Å². The number of ether oxygens (including phenoxy) is 1. The van der Waals surface area contributed by atoms with Crippen molar-refractivity contribution in [3.05, 3.63) is 87.7 Å². The number of rotatable bonds is 7. The van der Waals surface area contributed by atoms with Crippen molar-refractivity contribution in [1.82, 2.24) is 5.43 Å². The van der Waals surface area contributed by atoms with Crippen LogP contribution in [0, 0.1) is 10.1 Å². The molecular formula is C22H19N3O6. The molecule has 31 heavy (non-hydrogen) atoms. The van der Waals surface area contributed by atoms with Crippen LogP contribution in [0.2, 0.25) is 0 Å². The topological polar surface area (TPSA) is 124 Å². The number of nitro groups is 1. The van der Waals surface area contributed by atoms with Crippen molar-refractivity contribution in [1.29, 1.82) is 0 Å². The molecule has 0 spiro atoms. The number of benzene rings is 2. The molecule has 3 aromatic rings. The molecule has 9 nitrogen and oxygen atoms in total. The van der Waals surface area contributed by atoms with Crippen molar-refractivity contribution in [3.63, 3.8) is 0 Å². The second-order valence-electron chi connectivity index (χ2n) is 6.74. The number of carbonyl (C=O) groups is 2. The zero-order valence-corrected chi connectivity index (χ0v) is 16.8. The fraction of sp³-hybridized carbons (Fsp3) is 0.136. The van der Waals surface area contributed by atoms with Crippen LogP contribution in [0.3, 0.4) is 0 Å². The molecule has 0 unspecified atom stereocenters. The number of esters is 1. The van der Waals surface area contributed by atoms with Gasteiger partial charge in [0.15, 0.2) is 0 Å². The molecule has 0 aliphatic heterocycles. The summed E-state index contributed by atoms with van der Waals surface area (Å²) in [5.41, 5.74) is 3.30. The Bertz CT molecular complexity index is 1150. The molecule has 1 heterocycles. The Morgan fingerprint density at radius 2 is 1.84 bits per heavy atom. The molecule has 9 heteroatoms. The summed E-state index contributed by atoms with van der Waals surface area (Å²) in [7, 11) is 0. The second-order valence-corrected chi connectivity index (χ2v) is 6.74. The van der Waals surface area contributed by atoms with Crippen LogP contribution in [-0.4, -0.2) is 29.1 Å².